The summed E-state index contributed by atoms with van der Waals surface area (Å²) in [4.78, 5) is 16.5. The molecule has 168 valence electrons. The number of likely N-dealkylation sites (N-methyl/N-ethyl adjacent to an activating group) is 1. The third-order valence-corrected chi connectivity index (χ3v) is 8.82. The Balaban J connectivity index is 1.65. The Morgan fingerprint density at radius 3 is 2.53 bits per heavy atom. The van der Waals surface area contributed by atoms with Crippen molar-refractivity contribution in [3.05, 3.63) is 87.4 Å². The number of benzene rings is 2. The van der Waals surface area contributed by atoms with Crippen LogP contribution in [0.2, 0.25) is 0 Å². The molecule has 1 amide bonds. The minimum Gasteiger partial charge on any atom is -0.330 e. The first-order valence-corrected chi connectivity index (χ1v) is 12.8. The maximum Gasteiger partial charge on any atom is 0.243 e. The van der Waals surface area contributed by atoms with Crippen molar-refractivity contribution in [1.82, 2.24) is 9.21 Å². The number of halogens is 1. The van der Waals surface area contributed by atoms with Crippen molar-refractivity contribution in [2.24, 2.45) is 0 Å². The van der Waals surface area contributed by atoms with Gasteiger partial charge < -0.3 is 4.90 Å². The van der Waals surface area contributed by atoms with Crippen LogP contribution in [0.5, 0.6) is 0 Å². The highest BCUT2D eigenvalue weighted by atomic mass is 32.2. The number of amides is 1. The Kier molecular flexibility index (Phi) is 6.46. The Hall–Kier alpha value is -2.55. The van der Waals surface area contributed by atoms with E-state index in [1.165, 1.54) is 17.0 Å². The number of carbonyl (C=O) groups is 1. The minimum atomic E-state index is -3.92. The largest absolute Gasteiger partial charge is 0.330 e. The molecule has 3 aromatic rings. The van der Waals surface area contributed by atoms with Crippen molar-refractivity contribution in [2.75, 3.05) is 19.6 Å². The molecule has 1 atom stereocenters. The van der Waals surface area contributed by atoms with Crippen LogP contribution < -0.4 is 0 Å². The van der Waals surface area contributed by atoms with Gasteiger partial charge in [0.15, 0.2) is 0 Å². The molecule has 2 aromatic carbocycles. The summed E-state index contributed by atoms with van der Waals surface area (Å²) in [6, 6.07) is 14.5. The lowest BCUT2D eigenvalue weighted by atomic mass is 9.90. The second kappa shape index (κ2) is 9.13. The fraction of sp³-hybridized carbons (Fsp3) is 0.292. The highest BCUT2D eigenvalue weighted by Crippen LogP contribution is 2.39. The molecule has 0 aliphatic carbocycles. The number of carbonyl (C=O) groups excluding carboxylic acids is 1. The average Bonchev–Trinajstić information content (AvgIpc) is 3.26. The summed E-state index contributed by atoms with van der Waals surface area (Å²) in [5.41, 5.74) is 3.23. The summed E-state index contributed by atoms with van der Waals surface area (Å²) in [7, 11) is -3.92. The number of aryl methyl sites for hydroxylation is 1. The van der Waals surface area contributed by atoms with Gasteiger partial charge in [-0.2, -0.15) is 4.31 Å². The van der Waals surface area contributed by atoms with E-state index in [4.69, 9.17) is 0 Å². The molecule has 0 saturated carbocycles. The standard InChI is InChI=1S/C24H25FN2O3S2/c1-3-26(32(29,30)19-10-8-18(25)9-11-19)16-23(28)27-14-12-22-21(13-15-31-22)24(27)20-7-5-4-6-17(20)2/h4-11,13,15,24H,3,12,14,16H2,1-2H3. The first-order chi connectivity index (χ1) is 15.3. The van der Waals surface area contributed by atoms with Gasteiger partial charge in [-0.05, 0) is 65.7 Å². The van der Waals surface area contributed by atoms with Gasteiger partial charge in [-0.25, -0.2) is 12.8 Å². The van der Waals surface area contributed by atoms with E-state index in [0.717, 1.165) is 39.5 Å². The van der Waals surface area contributed by atoms with E-state index in [1.807, 2.05) is 36.6 Å². The number of hydrogen-bond acceptors (Lipinski definition) is 4. The predicted octanol–water partition coefficient (Wildman–Crippen LogP) is 4.38. The highest BCUT2D eigenvalue weighted by Gasteiger charge is 2.35. The number of hydrogen-bond donors (Lipinski definition) is 0. The van der Waals surface area contributed by atoms with Crippen LogP contribution in [0.15, 0.2) is 64.9 Å². The first-order valence-electron chi connectivity index (χ1n) is 10.5. The Morgan fingerprint density at radius 1 is 1.12 bits per heavy atom. The molecule has 1 aliphatic heterocycles. The molecule has 0 radical (unpaired) electrons. The monoisotopic (exact) mass is 472 g/mol. The molecule has 1 aromatic heterocycles. The van der Waals surface area contributed by atoms with Crippen LogP contribution >= 0.6 is 11.3 Å². The van der Waals surface area contributed by atoms with E-state index in [1.54, 1.807) is 23.2 Å². The van der Waals surface area contributed by atoms with E-state index in [-0.39, 0.29) is 29.9 Å². The fourth-order valence-corrected chi connectivity index (χ4v) is 6.48. The average molecular weight is 473 g/mol. The van der Waals surface area contributed by atoms with Crippen LogP contribution in [-0.4, -0.2) is 43.2 Å². The van der Waals surface area contributed by atoms with Crippen molar-refractivity contribution < 1.29 is 17.6 Å². The number of fused-ring (bicyclic) bond motifs is 1. The van der Waals surface area contributed by atoms with E-state index >= 15 is 0 Å². The summed E-state index contributed by atoms with van der Waals surface area (Å²) in [5.74, 6) is -0.758. The van der Waals surface area contributed by atoms with Gasteiger partial charge in [0.05, 0.1) is 17.5 Å². The van der Waals surface area contributed by atoms with Crippen LogP contribution in [0.4, 0.5) is 4.39 Å². The smallest absolute Gasteiger partial charge is 0.243 e. The number of sulfonamides is 1. The van der Waals surface area contributed by atoms with Gasteiger partial charge in [0.2, 0.25) is 15.9 Å². The molecule has 1 unspecified atom stereocenters. The second-order valence-corrected chi connectivity index (χ2v) is 10.7. The molecule has 0 bridgehead atoms. The quantitative estimate of drug-likeness (QED) is 0.535. The molecule has 1 aliphatic rings. The summed E-state index contributed by atoms with van der Waals surface area (Å²) < 4.78 is 40.6. The molecule has 0 spiro atoms. The Morgan fingerprint density at radius 2 is 1.84 bits per heavy atom. The van der Waals surface area contributed by atoms with Gasteiger partial charge in [-0.1, -0.05) is 31.2 Å². The normalized spacial score (nSPS) is 16.2. The summed E-state index contributed by atoms with van der Waals surface area (Å²) in [6.07, 6.45) is 0.748. The van der Waals surface area contributed by atoms with Crippen molar-refractivity contribution in [3.63, 3.8) is 0 Å². The van der Waals surface area contributed by atoms with E-state index < -0.39 is 15.8 Å². The third kappa shape index (κ3) is 4.22. The lowest BCUT2D eigenvalue weighted by molar-refractivity contribution is -0.133. The molecule has 8 heteroatoms. The topological polar surface area (TPSA) is 57.7 Å². The molecule has 5 nitrogen and oxygen atoms in total. The molecule has 2 heterocycles. The summed E-state index contributed by atoms with van der Waals surface area (Å²) >= 11 is 1.69. The van der Waals surface area contributed by atoms with Gasteiger partial charge in [0, 0.05) is 18.0 Å². The highest BCUT2D eigenvalue weighted by molar-refractivity contribution is 7.89. The zero-order valence-electron chi connectivity index (χ0n) is 18.0. The van der Waals surface area contributed by atoms with Crippen LogP contribution in [0.25, 0.3) is 0 Å². The maximum atomic E-state index is 13.5. The summed E-state index contributed by atoms with van der Waals surface area (Å²) in [6.45, 7) is 4.12. The summed E-state index contributed by atoms with van der Waals surface area (Å²) in [5, 5.41) is 2.04. The van der Waals surface area contributed by atoms with Gasteiger partial charge in [0.1, 0.15) is 5.82 Å². The van der Waals surface area contributed by atoms with Gasteiger partial charge >= 0.3 is 0 Å². The third-order valence-electron chi connectivity index (χ3n) is 5.89. The Bertz CT molecular complexity index is 1220. The van der Waals surface area contributed by atoms with Crippen molar-refractivity contribution in [3.8, 4) is 0 Å². The van der Waals surface area contributed by atoms with E-state index in [0.29, 0.717) is 6.54 Å². The van der Waals surface area contributed by atoms with Gasteiger partial charge in [-0.15, -0.1) is 11.3 Å². The number of rotatable bonds is 6. The minimum absolute atomic E-state index is 0.0252. The van der Waals surface area contributed by atoms with Crippen LogP contribution in [0, 0.1) is 12.7 Å². The Labute approximate surface area is 192 Å². The van der Waals surface area contributed by atoms with Gasteiger partial charge in [-0.3, -0.25) is 4.79 Å². The van der Waals surface area contributed by atoms with E-state index in [2.05, 4.69) is 6.07 Å². The predicted molar refractivity (Wildman–Crippen MR) is 124 cm³/mol. The maximum absolute atomic E-state index is 13.5. The molecular weight excluding hydrogens is 447 g/mol. The molecule has 0 fully saturated rings. The lowest BCUT2D eigenvalue weighted by Crippen LogP contribution is -2.46. The number of thiophene rings is 1. The SMILES string of the molecule is CCN(CC(=O)N1CCc2sccc2C1c1ccccc1C)S(=O)(=O)c1ccc(F)cc1. The van der Waals surface area contributed by atoms with E-state index in [9.17, 15) is 17.6 Å². The zero-order chi connectivity index (χ0) is 22.9. The lowest BCUT2D eigenvalue weighted by Gasteiger charge is -2.38. The van der Waals surface area contributed by atoms with Crippen molar-refractivity contribution in [2.45, 2.75) is 31.2 Å². The second-order valence-electron chi connectivity index (χ2n) is 7.78. The van der Waals surface area contributed by atoms with Crippen molar-refractivity contribution >= 4 is 27.3 Å². The molecule has 0 N–H and O–H groups in total. The first kappa shape index (κ1) is 22.6. The molecular formula is C24H25FN2O3S2. The van der Waals surface area contributed by atoms with Crippen LogP contribution in [0.1, 0.15) is 34.5 Å². The molecule has 0 saturated heterocycles. The van der Waals surface area contributed by atoms with Crippen LogP contribution in [-0.2, 0) is 21.2 Å². The fourth-order valence-electron chi connectivity index (χ4n) is 4.18. The van der Waals surface area contributed by atoms with Crippen LogP contribution in [0.3, 0.4) is 0 Å². The van der Waals surface area contributed by atoms with Gasteiger partial charge in [0.25, 0.3) is 0 Å². The molecule has 32 heavy (non-hydrogen) atoms. The zero-order valence-corrected chi connectivity index (χ0v) is 19.6. The number of nitrogens with zero attached hydrogens (tertiary/aromatic N) is 2. The van der Waals surface area contributed by atoms with Crippen molar-refractivity contribution in [1.29, 1.82) is 0 Å². The molecule has 4 rings (SSSR count).